The van der Waals surface area contributed by atoms with E-state index in [1.807, 2.05) is 50.2 Å². The molecule has 2 aromatic carbocycles. The minimum Gasteiger partial charge on any atom is -0.507 e. The molecule has 1 fully saturated rings. The van der Waals surface area contributed by atoms with Gasteiger partial charge in [0.15, 0.2) is 0 Å². The van der Waals surface area contributed by atoms with Crippen LogP contribution in [0.15, 0.2) is 54.1 Å². The highest BCUT2D eigenvalue weighted by atomic mass is 16.5. The molecule has 1 saturated heterocycles. The van der Waals surface area contributed by atoms with Gasteiger partial charge in [0.2, 0.25) is 0 Å². The molecule has 7 heteroatoms. The van der Waals surface area contributed by atoms with Crippen molar-refractivity contribution >= 4 is 23.1 Å². The third kappa shape index (κ3) is 5.37. The minimum atomic E-state index is -0.688. The van der Waals surface area contributed by atoms with E-state index < -0.39 is 17.7 Å². The van der Waals surface area contributed by atoms with Crippen molar-refractivity contribution in [3.05, 3.63) is 65.2 Å². The maximum Gasteiger partial charge on any atom is 0.295 e. The van der Waals surface area contributed by atoms with Crippen molar-refractivity contribution in [3.63, 3.8) is 0 Å². The Morgan fingerprint density at radius 1 is 1.09 bits per heavy atom. The Morgan fingerprint density at radius 3 is 2.45 bits per heavy atom. The summed E-state index contributed by atoms with van der Waals surface area (Å²) in [6.45, 7) is 3.36. The maximum atomic E-state index is 13.1. The molecule has 1 amide bonds. The van der Waals surface area contributed by atoms with Crippen LogP contribution < -0.4 is 9.64 Å². The predicted octanol–water partition coefficient (Wildman–Crippen LogP) is 4.00. The van der Waals surface area contributed by atoms with Crippen molar-refractivity contribution < 1.29 is 24.2 Å². The zero-order chi connectivity index (χ0) is 24.0. The standard InChI is InChI=1S/C26H32N2O5/c1-5-15-33-21-9-6-8-19(17-21)24(29)22-23(18-10-12-20(13-11-18)27(2)3)28(14-7-16-32-4)26(31)25(22)30/h6,8-13,17,23,29H,5,7,14-16H2,1-4H3. The number of Topliss-reactive ketones (excluding diaryl/α,β-unsaturated/α-hetero) is 1. The molecule has 1 heterocycles. The molecular weight excluding hydrogens is 420 g/mol. The third-order valence-electron chi connectivity index (χ3n) is 5.59. The summed E-state index contributed by atoms with van der Waals surface area (Å²) in [6.07, 6.45) is 1.43. The highest BCUT2D eigenvalue weighted by Gasteiger charge is 2.45. The van der Waals surface area contributed by atoms with E-state index in [2.05, 4.69) is 0 Å². The fourth-order valence-corrected chi connectivity index (χ4v) is 3.90. The van der Waals surface area contributed by atoms with E-state index >= 15 is 0 Å². The summed E-state index contributed by atoms with van der Waals surface area (Å²) >= 11 is 0. The van der Waals surface area contributed by atoms with Crippen molar-refractivity contribution in [1.29, 1.82) is 0 Å². The second kappa shape index (κ2) is 11.0. The Labute approximate surface area is 195 Å². The smallest absolute Gasteiger partial charge is 0.295 e. The Morgan fingerprint density at radius 2 is 1.82 bits per heavy atom. The number of rotatable bonds is 10. The van der Waals surface area contributed by atoms with E-state index in [1.165, 1.54) is 4.90 Å². The molecule has 0 bridgehead atoms. The number of methoxy groups -OCH3 is 1. The van der Waals surface area contributed by atoms with Gasteiger partial charge >= 0.3 is 0 Å². The second-order valence-electron chi connectivity index (χ2n) is 8.20. The molecule has 1 atom stereocenters. The van der Waals surface area contributed by atoms with E-state index in [-0.39, 0.29) is 11.3 Å². The van der Waals surface area contributed by atoms with Crippen LogP contribution >= 0.6 is 0 Å². The van der Waals surface area contributed by atoms with Gasteiger partial charge in [0.25, 0.3) is 11.7 Å². The molecule has 0 aromatic heterocycles. The zero-order valence-electron chi connectivity index (χ0n) is 19.7. The van der Waals surface area contributed by atoms with Crippen molar-refractivity contribution in [2.45, 2.75) is 25.8 Å². The number of hydrogen-bond donors (Lipinski definition) is 1. The summed E-state index contributed by atoms with van der Waals surface area (Å²) < 4.78 is 10.8. The number of ether oxygens (including phenoxy) is 2. The molecule has 1 N–H and O–H groups in total. The van der Waals surface area contributed by atoms with Crippen molar-refractivity contribution in [2.24, 2.45) is 0 Å². The minimum absolute atomic E-state index is 0.0858. The number of benzene rings is 2. The quantitative estimate of drug-likeness (QED) is 0.254. The van der Waals surface area contributed by atoms with Crippen LogP contribution in [0.3, 0.4) is 0 Å². The lowest BCUT2D eigenvalue weighted by atomic mass is 9.95. The number of aliphatic hydroxyl groups excluding tert-OH is 1. The number of ketones is 1. The Hall–Kier alpha value is -3.32. The van der Waals surface area contributed by atoms with Crippen LogP contribution in [0.25, 0.3) is 5.76 Å². The normalized spacial score (nSPS) is 17.5. The van der Waals surface area contributed by atoms with Gasteiger partial charge in [-0.3, -0.25) is 9.59 Å². The van der Waals surface area contributed by atoms with Crippen LogP contribution in [-0.4, -0.2) is 62.7 Å². The van der Waals surface area contributed by atoms with Crippen LogP contribution in [0, 0.1) is 0 Å². The van der Waals surface area contributed by atoms with E-state index in [1.54, 1.807) is 31.4 Å². The summed E-state index contributed by atoms with van der Waals surface area (Å²) in [5.41, 5.74) is 2.28. The van der Waals surface area contributed by atoms with Crippen molar-refractivity contribution in [3.8, 4) is 5.75 Å². The number of anilines is 1. The lowest BCUT2D eigenvalue weighted by molar-refractivity contribution is -0.140. The summed E-state index contributed by atoms with van der Waals surface area (Å²) in [4.78, 5) is 29.6. The molecule has 1 aliphatic heterocycles. The van der Waals surface area contributed by atoms with E-state index in [4.69, 9.17) is 9.47 Å². The lowest BCUT2D eigenvalue weighted by Crippen LogP contribution is -2.31. The number of carbonyl (C=O) groups excluding carboxylic acids is 2. The van der Waals surface area contributed by atoms with Crippen LogP contribution in [0.5, 0.6) is 5.75 Å². The number of likely N-dealkylation sites (tertiary alicyclic amines) is 1. The fourth-order valence-electron chi connectivity index (χ4n) is 3.90. The first-order chi connectivity index (χ1) is 15.9. The largest absolute Gasteiger partial charge is 0.507 e. The SMILES string of the molecule is CCCOc1cccc(C(O)=C2C(=O)C(=O)N(CCCOC)C2c2ccc(N(C)C)cc2)c1. The third-order valence-corrected chi connectivity index (χ3v) is 5.59. The summed E-state index contributed by atoms with van der Waals surface area (Å²) in [5, 5.41) is 11.2. The zero-order valence-corrected chi connectivity index (χ0v) is 19.7. The van der Waals surface area contributed by atoms with Gasteiger partial charge in [-0.1, -0.05) is 31.2 Å². The van der Waals surface area contributed by atoms with Crippen molar-refractivity contribution in [1.82, 2.24) is 4.90 Å². The molecule has 1 unspecified atom stereocenters. The fraction of sp³-hybridized carbons (Fsp3) is 0.385. The monoisotopic (exact) mass is 452 g/mol. The van der Waals surface area contributed by atoms with Gasteiger partial charge < -0.3 is 24.4 Å². The molecule has 0 spiro atoms. The number of carbonyl (C=O) groups is 2. The highest BCUT2D eigenvalue weighted by molar-refractivity contribution is 6.46. The van der Waals surface area contributed by atoms with Gasteiger partial charge in [-0.15, -0.1) is 0 Å². The highest BCUT2D eigenvalue weighted by Crippen LogP contribution is 2.40. The Balaban J connectivity index is 2.08. The molecule has 2 aromatic rings. The molecule has 0 saturated carbocycles. The summed E-state index contributed by atoms with van der Waals surface area (Å²) in [6, 6.07) is 13.9. The van der Waals surface area contributed by atoms with Gasteiger partial charge in [-0.2, -0.15) is 0 Å². The van der Waals surface area contributed by atoms with Gasteiger partial charge in [-0.05, 0) is 42.7 Å². The topological polar surface area (TPSA) is 79.3 Å². The maximum absolute atomic E-state index is 13.1. The number of amides is 1. The Bertz CT molecular complexity index is 1010. The van der Waals surface area contributed by atoms with Crippen LogP contribution in [0.4, 0.5) is 5.69 Å². The van der Waals surface area contributed by atoms with Crippen molar-refractivity contribution in [2.75, 3.05) is 45.9 Å². The number of nitrogens with zero attached hydrogens (tertiary/aromatic N) is 2. The molecule has 0 aliphatic carbocycles. The van der Waals surface area contributed by atoms with Gasteiger partial charge in [-0.25, -0.2) is 0 Å². The summed E-state index contributed by atoms with van der Waals surface area (Å²) in [7, 11) is 5.48. The van der Waals surface area contributed by atoms with E-state index in [0.29, 0.717) is 37.5 Å². The van der Waals surface area contributed by atoms with Gasteiger partial charge in [0.1, 0.15) is 11.5 Å². The van der Waals surface area contributed by atoms with Crippen LogP contribution in [-0.2, 0) is 14.3 Å². The lowest BCUT2D eigenvalue weighted by Gasteiger charge is -2.26. The van der Waals surface area contributed by atoms with E-state index in [9.17, 15) is 14.7 Å². The van der Waals surface area contributed by atoms with E-state index in [0.717, 1.165) is 17.7 Å². The first-order valence-electron chi connectivity index (χ1n) is 11.2. The van der Waals surface area contributed by atoms with Gasteiger partial charge in [0.05, 0.1) is 18.2 Å². The average Bonchev–Trinajstić information content (AvgIpc) is 3.07. The molecule has 33 heavy (non-hydrogen) atoms. The molecule has 0 radical (unpaired) electrons. The molecule has 176 valence electrons. The first kappa shape index (κ1) is 24.3. The number of hydrogen-bond acceptors (Lipinski definition) is 6. The first-order valence-corrected chi connectivity index (χ1v) is 11.2. The van der Waals surface area contributed by atoms with Crippen LogP contribution in [0.2, 0.25) is 0 Å². The predicted molar refractivity (Wildman–Crippen MR) is 128 cm³/mol. The average molecular weight is 453 g/mol. The molecular formula is C26H32N2O5. The second-order valence-corrected chi connectivity index (χ2v) is 8.20. The molecule has 1 aliphatic rings. The summed E-state index contributed by atoms with van der Waals surface area (Å²) in [5.74, 6) is -0.910. The Kier molecular flexibility index (Phi) is 8.11. The molecule has 7 nitrogen and oxygen atoms in total. The van der Waals surface area contributed by atoms with Crippen LogP contribution in [0.1, 0.15) is 36.9 Å². The number of aliphatic hydroxyl groups is 1. The molecule has 3 rings (SSSR count). The van der Waals surface area contributed by atoms with Gasteiger partial charge in [0, 0.05) is 45.6 Å².